The Kier molecular flexibility index (Phi) is 7.40. The predicted octanol–water partition coefficient (Wildman–Crippen LogP) is 3.43. The molecule has 0 unspecified atom stereocenters. The van der Waals surface area contributed by atoms with Crippen molar-refractivity contribution in [3.8, 4) is 0 Å². The molecule has 0 bridgehead atoms. The molecule has 29 heavy (non-hydrogen) atoms. The Labute approximate surface area is 179 Å². The fourth-order valence-corrected chi connectivity index (χ4v) is 3.25. The van der Waals surface area contributed by atoms with Crippen molar-refractivity contribution in [3.63, 3.8) is 0 Å². The Balaban J connectivity index is 0.00000150. The Morgan fingerprint density at radius 1 is 1.10 bits per heavy atom. The van der Waals surface area contributed by atoms with E-state index in [4.69, 9.17) is 0 Å². The normalized spacial score (nSPS) is 13.6. The van der Waals surface area contributed by atoms with Gasteiger partial charge in [0.25, 0.3) is 5.91 Å². The first-order chi connectivity index (χ1) is 13.0. The van der Waals surface area contributed by atoms with Crippen LogP contribution in [0.15, 0.2) is 36.7 Å². The molecule has 1 aliphatic heterocycles. The molecule has 0 saturated carbocycles. The number of hydrogen-bond donors (Lipinski definition) is 2. The number of benzene rings is 1. The second-order valence-electron chi connectivity index (χ2n) is 6.55. The van der Waals surface area contributed by atoms with Crippen LogP contribution in [0.1, 0.15) is 16.1 Å². The molecule has 6 nitrogen and oxygen atoms in total. The zero-order valence-corrected chi connectivity index (χ0v) is 17.2. The summed E-state index contributed by atoms with van der Waals surface area (Å²) < 4.78 is 30.1. The van der Waals surface area contributed by atoms with Crippen LogP contribution < -0.4 is 15.5 Å². The minimum atomic E-state index is -0.630. The quantitative estimate of drug-likeness (QED) is 0.650. The maximum atomic E-state index is 14.5. The number of anilines is 2. The molecule has 2 aromatic heterocycles. The second-order valence-corrected chi connectivity index (χ2v) is 6.55. The number of rotatable bonds is 3. The van der Waals surface area contributed by atoms with Gasteiger partial charge in [-0.25, -0.2) is 13.8 Å². The van der Waals surface area contributed by atoms with Crippen molar-refractivity contribution in [2.24, 2.45) is 0 Å². The third kappa shape index (κ3) is 4.77. The largest absolute Gasteiger partial charge is 0.369 e. The molecule has 3 aromatic rings. The van der Waals surface area contributed by atoms with Crippen LogP contribution in [0.25, 0.3) is 5.65 Å². The van der Waals surface area contributed by atoms with Gasteiger partial charge in [-0.2, -0.15) is 0 Å². The first-order valence-electron chi connectivity index (χ1n) is 8.73. The summed E-state index contributed by atoms with van der Waals surface area (Å²) >= 11 is 0. The first-order valence-corrected chi connectivity index (χ1v) is 8.73. The standard InChI is InChI=1S/C19H19F2N5O.2ClH/c1-12-10-26-11-13(8-17(21)18(26)23-12)24-19(27)15-3-2-14(9-16(15)20)25-6-4-22-5-7-25;;/h2-3,8-11,22H,4-7H2,1H3,(H,24,27);2*1H. The summed E-state index contributed by atoms with van der Waals surface area (Å²) in [4.78, 5) is 18.6. The van der Waals surface area contributed by atoms with E-state index in [1.54, 1.807) is 25.4 Å². The number of imidazole rings is 1. The van der Waals surface area contributed by atoms with Crippen LogP contribution >= 0.6 is 24.8 Å². The SMILES string of the molecule is Cc1cn2cc(NC(=O)c3ccc(N4CCNCC4)cc3F)cc(F)c2n1.Cl.Cl. The van der Waals surface area contributed by atoms with Crippen LogP contribution in [0, 0.1) is 18.6 Å². The lowest BCUT2D eigenvalue weighted by Crippen LogP contribution is -2.43. The number of nitrogens with one attached hydrogen (secondary N) is 2. The number of carbonyl (C=O) groups is 1. The average Bonchev–Trinajstić information content (AvgIpc) is 3.03. The zero-order chi connectivity index (χ0) is 19.0. The summed E-state index contributed by atoms with van der Waals surface area (Å²) in [6.07, 6.45) is 3.19. The summed E-state index contributed by atoms with van der Waals surface area (Å²) in [5, 5.41) is 5.79. The van der Waals surface area contributed by atoms with E-state index in [0.29, 0.717) is 5.69 Å². The monoisotopic (exact) mass is 443 g/mol. The van der Waals surface area contributed by atoms with Gasteiger partial charge >= 0.3 is 0 Å². The summed E-state index contributed by atoms with van der Waals surface area (Å²) in [5.41, 5.74) is 1.72. The lowest BCUT2D eigenvalue weighted by molar-refractivity contribution is 0.102. The lowest BCUT2D eigenvalue weighted by atomic mass is 10.1. The Morgan fingerprint density at radius 3 is 2.52 bits per heavy atom. The van der Waals surface area contributed by atoms with E-state index in [1.165, 1.54) is 22.6 Å². The van der Waals surface area contributed by atoms with Gasteiger partial charge in [-0.15, -0.1) is 24.8 Å². The molecule has 1 amide bonds. The van der Waals surface area contributed by atoms with E-state index in [-0.39, 0.29) is 41.7 Å². The Hall–Kier alpha value is -2.42. The number of carbonyl (C=O) groups excluding carboxylic acids is 1. The third-order valence-corrected chi connectivity index (χ3v) is 4.56. The van der Waals surface area contributed by atoms with Crippen molar-refractivity contribution < 1.29 is 13.6 Å². The molecule has 1 aliphatic rings. The van der Waals surface area contributed by atoms with E-state index >= 15 is 0 Å². The van der Waals surface area contributed by atoms with E-state index < -0.39 is 17.5 Å². The number of nitrogens with zero attached hydrogens (tertiary/aromatic N) is 3. The molecule has 0 spiro atoms. The molecule has 4 rings (SSSR count). The van der Waals surface area contributed by atoms with Crippen molar-refractivity contribution in [1.82, 2.24) is 14.7 Å². The number of amides is 1. The van der Waals surface area contributed by atoms with Crippen LogP contribution in [-0.2, 0) is 0 Å². The molecule has 0 atom stereocenters. The molecular formula is C19H21Cl2F2N5O. The lowest BCUT2D eigenvalue weighted by Gasteiger charge is -2.29. The van der Waals surface area contributed by atoms with Gasteiger partial charge in [0.2, 0.25) is 0 Å². The number of aromatic nitrogens is 2. The summed E-state index contributed by atoms with van der Waals surface area (Å²) in [7, 11) is 0. The topological polar surface area (TPSA) is 61.7 Å². The molecule has 0 radical (unpaired) electrons. The number of pyridine rings is 1. The highest BCUT2D eigenvalue weighted by Crippen LogP contribution is 2.21. The number of fused-ring (bicyclic) bond motifs is 1. The maximum Gasteiger partial charge on any atom is 0.258 e. The third-order valence-electron chi connectivity index (χ3n) is 4.56. The summed E-state index contributed by atoms with van der Waals surface area (Å²) in [6, 6.07) is 5.72. The minimum Gasteiger partial charge on any atom is -0.369 e. The molecule has 10 heteroatoms. The molecular weight excluding hydrogens is 423 g/mol. The van der Waals surface area contributed by atoms with E-state index in [0.717, 1.165) is 31.9 Å². The average molecular weight is 444 g/mol. The van der Waals surface area contributed by atoms with Crippen molar-refractivity contribution in [3.05, 3.63) is 59.6 Å². The van der Waals surface area contributed by atoms with E-state index in [9.17, 15) is 13.6 Å². The van der Waals surface area contributed by atoms with E-state index in [2.05, 4.69) is 20.5 Å². The number of hydrogen-bond acceptors (Lipinski definition) is 4. The van der Waals surface area contributed by atoms with Crippen molar-refractivity contribution >= 4 is 47.7 Å². The molecule has 2 N–H and O–H groups in total. The highest BCUT2D eigenvalue weighted by molar-refractivity contribution is 6.04. The van der Waals surface area contributed by atoms with Crippen molar-refractivity contribution in [2.45, 2.75) is 6.92 Å². The zero-order valence-electron chi connectivity index (χ0n) is 15.6. The van der Waals surface area contributed by atoms with Gasteiger partial charge in [0.1, 0.15) is 5.82 Å². The van der Waals surface area contributed by atoms with E-state index in [1.807, 2.05) is 0 Å². The smallest absolute Gasteiger partial charge is 0.258 e. The van der Waals surface area contributed by atoms with Crippen LogP contribution in [0.5, 0.6) is 0 Å². The van der Waals surface area contributed by atoms with Crippen LogP contribution in [0.3, 0.4) is 0 Å². The number of piperazine rings is 1. The Bertz CT molecular complexity index is 1020. The summed E-state index contributed by atoms with van der Waals surface area (Å²) in [5.74, 6) is -1.80. The molecule has 0 aliphatic carbocycles. The van der Waals surface area contributed by atoms with Crippen LogP contribution in [0.2, 0.25) is 0 Å². The molecule has 1 aromatic carbocycles. The predicted molar refractivity (Wildman–Crippen MR) is 114 cm³/mol. The fourth-order valence-electron chi connectivity index (χ4n) is 3.25. The van der Waals surface area contributed by atoms with Gasteiger partial charge in [0.15, 0.2) is 11.5 Å². The highest BCUT2D eigenvalue weighted by atomic mass is 35.5. The Morgan fingerprint density at radius 2 is 1.83 bits per heavy atom. The molecule has 1 saturated heterocycles. The summed E-state index contributed by atoms with van der Waals surface area (Å²) in [6.45, 7) is 5.00. The van der Waals surface area contributed by atoms with Gasteiger partial charge in [-0.05, 0) is 25.1 Å². The van der Waals surface area contributed by atoms with Gasteiger partial charge in [-0.1, -0.05) is 0 Å². The number of aryl methyl sites for hydroxylation is 1. The minimum absolute atomic E-state index is 0. The highest BCUT2D eigenvalue weighted by Gasteiger charge is 2.17. The van der Waals surface area contributed by atoms with Gasteiger partial charge < -0.3 is 19.9 Å². The second kappa shape index (κ2) is 9.39. The molecule has 3 heterocycles. The number of halogens is 4. The molecule has 156 valence electrons. The van der Waals surface area contributed by atoms with Crippen LogP contribution in [0.4, 0.5) is 20.2 Å². The van der Waals surface area contributed by atoms with Crippen LogP contribution in [-0.4, -0.2) is 41.5 Å². The van der Waals surface area contributed by atoms with Crippen molar-refractivity contribution in [1.29, 1.82) is 0 Å². The first kappa shape index (κ1) is 22.9. The van der Waals surface area contributed by atoms with Gasteiger partial charge in [0, 0.05) is 50.3 Å². The van der Waals surface area contributed by atoms with Gasteiger partial charge in [-0.3, -0.25) is 4.79 Å². The molecule has 1 fully saturated rings. The fraction of sp³-hybridized carbons (Fsp3) is 0.263. The maximum absolute atomic E-state index is 14.5. The van der Waals surface area contributed by atoms with Crippen molar-refractivity contribution in [2.75, 3.05) is 36.4 Å². The van der Waals surface area contributed by atoms with Gasteiger partial charge in [0.05, 0.1) is 16.9 Å².